The van der Waals surface area contributed by atoms with Gasteiger partial charge in [-0.1, -0.05) is 25.8 Å². The van der Waals surface area contributed by atoms with Gasteiger partial charge in [-0.15, -0.1) is 0 Å². The second-order valence-electron chi connectivity index (χ2n) is 5.37. The van der Waals surface area contributed by atoms with Crippen molar-refractivity contribution in [1.29, 1.82) is 0 Å². The van der Waals surface area contributed by atoms with Crippen molar-refractivity contribution in [1.82, 2.24) is 5.32 Å². The molecule has 0 spiro atoms. The molecule has 0 amide bonds. The van der Waals surface area contributed by atoms with Gasteiger partial charge in [-0.25, -0.2) is 4.39 Å². The van der Waals surface area contributed by atoms with E-state index in [-0.39, 0.29) is 5.82 Å². The lowest BCUT2D eigenvalue weighted by atomic mass is 10.1. The fourth-order valence-electron chi connectivity index (χ4n) is 2.63. The van der Waals surface area contributed by atoms with E-state index < -0.39 is 0 Å². The molecule has 1 saturated carbocycles. The molecular formula is C16H24FNO. The minimum atomic E-state index is -0.160. The first-order valence-electron chi connectivity index (χ1n) is 7.35. The second kappa shape index (κ2) is 7.61. The molecule has 0 radical (unpaired) electrons. The Labute approximate surface area is 115 Å². The zero-order valence-electron chi connectivity index (χ0n) is 11.8. The Kier molecular flexibility index (Phi) is 5.80. The fraction of sp³-hybridized carbons (Fsp3) is 0.625. The number of hydrogen-bond acceptors (Lipinski definition) is 2. The highest BCUT2D eigenvalue weighted by molar-refractivity contribution is 5.24. The normalized spacial score (nSPS) is 16.1. The molecule has 0 bridgehead atoms. The molecule has 2 rings (SSSR count). The van der Waals surface area contributed by atoms with E-state index in [0.29, 0.717) is 18.1 Å². The molecule has 0 heterocycles. The number of rotatable bonds is 7. The molecule has 0 unspecified atom stereocenters. The predicted octanol–water partition coefficient (Wildman–Crippen LogP) is 3.64. The molecule has 1 aromatic rings. The van der Waals surface area contributed by atoms with Crippen molar-refractivity contribution in [2.45, 2.75) is 45.8 Å². The summed E-state index contributed by atoms with van der Waals surface area (Å²) in [5.41, 5.74) is 1.79. The number of ether oxygens (including phenoxy) is 1. The third-order valence-electron chi connectivity index (χ3n) is 3.78. The van der Waals surface area contributed by atoms with Crippen LogP contribution in [0.1, 0.15) is 43.7 Å². The maximum atomic E-state index is 13.7. The molecule has 0 aromatic heterocycles. The number of hydrogen-bond donors (Lipinski definition) is 1. The van der Waals surface area contributed by atoms with E-state index in [2.05, 4.69) is 12.2 Å². The zero-order chi connectivity index (χ0) is 13.5. The molecule has 1 aromatic carbocycles. The minimum absolute atomic E-state index is 0.160. The Hall–Kier alpha value is -0.930. The van der Waals surface area contributed by atoms with Crippen molar-refractivity contribution < 1.29 is 9.13 Å². The van der Waals surface area contributed by atoms with Crippen LogP contribution in [0.4, 0.5) is 4.39 Å². The van der Waals surface area contributed by atoms with E-state index in [1.54, 1.807) is 6.07 Å². The van der Waals surface area contributed by atoms with Crippen molar-refractivity contribution in [3.8, 4) is 0 Å². The molecule has 1 aliphatic rings. The number of halogens is 1. The molecule has 1 fully saturated rings. The van der Waals surface area contributed by atoms with E-state index in [4.69, 9.17) is 4.74 Å². The maximum absolute atomic E-state index is 13.7. The summed E-state index contributed by atoms with van der Waals surface area (Å²) in [7, 11) is 0. The van der Waals surface area contributed by atoms with E-state index in [1.165, 1.54) is 25.7 Å². The Balaban J connectivity index is 1.83. The predicted molar refractivity (Wildman–Crippen MR) is 75.4 cm³/mol. The highest BCUT2D eigenvalue weighted by Crippen LogP contribution is 2.25. The van der Waals surface area contributed by atoms with Crippen molar-refractivity contribution >= 4 is 0 Å². The van der Waals surface area contributed by atoms with Gasteiger partial charge in [0.2, 0.25) is 0 Å². The van der Waals surface area contributed by atoms with Gasteiger partial charge in [0.15, 0.2) is 0 Å². The van der Waals surface area contributed by atoms with Crippen LogP contribution >= 0.6 is 0 Å². The summed E-state index contributed by atoms with van der Waals surface area (Å²) in [5.74, 6) is 0.527. The van der Waals surface area contributed by atoms with Gasteiger partial charge in [0, 0.05) is 18.7 Å². The molecule has 1 aliphatic carbocycles. The van der Waals surface area contributed by atoms with Crippen LogP contribution < -0.4 is 5.32 Å². The number of benzene rings is 1. The topological polar surface area (TPSA) is 21.3 Å². The van der Waals surface area contributed by atoms with Crippen molar-refractivity contribution in [2.75, 3.05) is 13.2 Å². The summed E-state index contributed by atoms with van der Waals surface area (Å²) in [4.78, 5) is 0. The van der Waals surface area contributed by atoms with Gasteiger partial charge in [0.25, 0.3) is 0 Å². The maximum Gasteiger partial charge on any atom is 0.128 e. The Bertz CT molecular complexity index is 388. The standard InChI is InChI=1S/C16H24FNO/c1-2-18-10-14-7-8-16(17)15(9-14)12-19-11-13-5-3-4-6-13/h7-9,13,18H,2-6,10-12H2,1H3. The van der Waals surface area contributed by atoms with Gasteiger partial charge < -0.3 is 10.1 Å². The van der Waals surface area contributed by atoms with Gasteiger partial charge in [-0.3, -0.25) is 0 Å². The average molecular weight is 265 g/mol. The van der Waals surface area contributed by atoms with Crippen LogP contribution in [-0.4, -0.2) is 13.2 Å². The highest BCUT2D eigenvalue weighted by atomic mass is 19.1. The monoisotopic (exact) mass is 265 g/mol. The van der Waals surface area contributed by atoms with Crippen LogP contribution in [0.5, 0.6) is 0 Å². The van der Waals surface area contributed by atoms with E-state index >= 15 is 0 Å². The molecule has 106 valence electrons. The van der Waals surface area contributed by atoms with Crippen LogP contribution in [0.2, 0.25) is 0 Å². The highest BCUT2D eigenvalue weighted by Gasteiger charge is 2.15. The smallest absolute Gasteiger partial charge is 0.128 e. The van der Waals surface area contributed by atoms with Gasteiger partial charge in [0.1, 0.15) is 5.82 Å². The summed E-state index contributed by atoms with van der Waals surface area (Å²) < 4.78 is 19.4. The second-order valence-corrected chi connectivity index (χ2v) is 5.37. The molecule has 0 aliphatic heterocycles. The van der Waals surface area contributed by atoms with E-state index in [0.717, 1.165) is 25.3 Å². The molecule has 1 N–H and O–H groups in total. The summed E-state index contributed by atoms with van der Waals surface area (Å²) in [5, 5.41) is 3.25. The Morgan fingerprint density at radius 3 is 2.84 bits per heavy atom. The molecule has 19 heavy (non-hydrogen) atoms. The SMILES string of the molecule is CCNCc1ccc(F)c(COCC2CCCC2)c1. The summed E-state index contributed by atoms with van der Waals surface area (Å²) in [6, 6.07) is 5.28. The lowest BCUT2D eigenvalue weighted by Gasteiger charge is -2.11. The van der Waals surface area contributed by atoms with E-state index in [1.807, 2.05) is 12.1 Å². The first-order chi connectivity index (χ1) is 9.29. The van der Waals surface area contributed by atoms with Gasteiger partial charge >= 0.3 is 0 Å². The summed E-state index contributed by atoms with van der Waals surface area (Å²) >= 11 is 0. The Morgan fingerprint density at radius 1 is 1.32 bits per heavy atom. The lowest BCUT2D eigenvalue weighted by molar-refractivity contribution is 0.0869. The molecule has 0 atom stereocenters. The zero-order valence-corrected chi connectivity index (χ0v) is 11.8. The quantitative estimate of drug-likeness (QED) is 0.812. The van der Waals surface area contributed by atoms with Gasteiger partial charge in [-0.2, -0.15) is 0 Å². The van der Waals surface area contributed by atoms with Crippen molar-refractivity contribution in [3.63, 3.8) is 0 Å². The third-order valence-corrected chi connectivity index (χ3v) is 3.78. The largest absolute Gasteiger partial charge is 0.376 e. The molecule has 3 heteroatoms. The lowest BCUT2D eigenvalue weighted by Crippen LogP contribution is -2.12. The van der Waals surface area contributed by atoms with Crippen LogP contribution in [0.15, 0.2) is 18.2 Å². The summed E-state index contributed by atoms with van der Waals surface area (Å²) in [6.07, 6.45) is 5.17. The first-order valence-corrected chi connectivity index (χ1v) is 7.35. The molecular weight excluding hydrogens is 241 g/mol. The first kappa shape index (κ1) is 14.5. The van der Waals surface area contributed by atoms with Crippen molar-refractivity contribution in [3.05, 3.63) is 35.1 Å². The van der Waals surface area contributed by atoms with Gasteiger partial charge in [0.05, 0.1) is 6.61 Å². The van der Waals surface area contributed by atoms with Crippen molar-refractivity contribution in [2.24, 2.45) is 5.92 Å². The third kappa shape index (κ3) is 4.59. The van der Waals surface area contributed by atoms with E-state index in [9.17, 15) is 4.39 Å². The van der Waals surface area contributed by atoms with Crippen LogP contribution in [0.25, 0.3) is 0 Å². The number of nitrogens with one attached hydrogen (secondary N) is 1. The summed E-state index contributed by atoms with van der Waals surface area (Å²) in [6.45, 7) is 4.94. The molecule has 0 saturated heterocycles. The van der Waals surface area contributed by atoms with Gasteiger partial charge in [-0.05, 0) is 43.0 Å². The van der Waals surface area contributed by atoms with Crippen LogP contribution in [0.3, 0.4) is 0 Å². The Morgan fingerprint density at radius 2 is 2.11 bits per heavy atom. The average Bonchev–Trinajstić information content (AvgIpc) is 2.92. The van der Waals surface area contributed by atoms with Crippen LogP contribution in [0, 0.1) is 11.7 Å². The molecule has 2 nitrogen and oxygen atoms in total. The fourth-order valence-corrected chi connectivity index (χ4v) is 2.63. The minimum Gasteiger partial charge on any atom is -0.376 e. The van der Waals surface area contributed by atoms with Crippen LogP contribution in [-0.2, 0) is 17.9 Å².